The Morgan fingerprint density at radius 2 is 1.46 bits per heavy atom. The lowest BCUT2D eigenvalue weighted by atomic mass is 10.0. The summed E-state index contributed by atoms with van der Waals surface area (Å²) in [7, 11) is 0. The molecule has 0 aliphatic rings. The van der Waals surface area contributed by atoms with E-state index in [0.717, 1.165) is 18.4 Å². The zero-order valence-corrected chi connectivity index (χ0v) is 15.7. The molecule has 0 saturated carbocycles. The van der Waals surface area contributed by atoms with Gasteiger partial charge in [0.15, 0.2) is 0 Å². The molecule has 0 aliphatic heterocycles. The molecule has 2 aromatic carbocycles. The van der Waals surface area contributed by atoms with Gasteiger partial charge in [0.2, 0.25) is 0 Å². The highest BCUT2D eigenvalue weighted by atomic mass is 35.5. The van der Waals surface area contributed by atoms with Gasteiger partial charge in [-0.2, -0.15) is 0 Å². The van der Waals surface area contributed by atoms with Gasteiger partial charge in [0.25, 0.3) is 0 Å². The van der Waals surface area contributed by atoms with Crippen LogP contribution in [0.25, 0.3) is 0 Å². The maximum absolute atomic E-state index is 9.62. The number of hydrogen-bond acceptors (Lipinski definition) is 2. The van der Waals surface area contributed by atoms with Gasteiger partial charge in [-0.25, -0.2) is 0 Å². The number of aryl methyl sites for hydroxylation is 1. The molecule has 2 aromatic rings. The van der Waals surface area contributed by atoms with E-state index in [1.54, 1.807) is 36.4 Å². The van der Waals surface area contributed by atoms with E-state index in [4.69, 9.17) is 28.3 Å². The van der Waals surface area contributed by atoms with Crippen LogP contribution in [0.3, 0.4) is 0 Å². The van der Waals surface area contributed by atoms with Gasteiger partial charge in [0, 0.05) is 5.02 Å². The van der Waals surface area contributed by atoms with Crippen LogP contribution >= 0.6 is 23.2 Å². The number of para-hydroxylation sites is 1. The highest BCUT2D eigenvalue weighted by Crippen LogP contribution is 2.23. The molecule has 2 N–H and O–H groups in total. The van der Waals surface area contributed by atoms with Crippen molar-refractivity contribution in [3.8, 4) is 11.5 Å². The monoisotopic (exact) mass is 368 g/mol. The van der Waals surface area contributed by atoms with Crippen LogP contribution in [0.5, 0.6) is 11.5 Å². The van der Waals surface area contributed by atoms with E-state index in [2.05, 4.69) is 6.92 Å². The lowest BCUT2D eigenvalue weighted by molar-refractivity contribution is 0.466. The summed E-state index contributed by atoms with van der Waals surface area (Å²) >= 11 is 11.3. The number of unbranched alkanes of at least 4 members (excludes halogenated alkanes) is 5. The number of phenols is 2. The number of aromatic hydroxyl groups is 2. The van der Waals surface area contributed by atoms with Crippen LogP contribution < -0.4 is 0 Å². The normalized spacial score (nSPS) is 10.1. The lowest BCUT2D eigenvalue weighted by Gasteiger charge is -2.05. The molecule has 2 rings (SSSR count). The molecule has 24 heavy (non-hydrogen) atoms. The Bertz CT molecular complexity index is 579. The van der Waals surface area contributed by atoms with Crippen LogP contribution in [0.4, 0.5) is 0 Å². The molecule has 0 bridgehead atoms. The topological polar surface area (TPSA) is 40.5 Å². The summed E-state index contributed by atoms with van der Waals surface area (Å²) in [5, 5.41) is 19.5. The first-order chi connectivity index (χ1) is 11.5. The van der Waals surface area contributed by atoms with Crippen molar-refractivity contribution in [2.75, 3.05) is 0 Å². The van der Waals surface area contributed by atoms with Crippen LogP contribution in [0.2, 0.25) is 10.0 Å². The van der Waals surface area contributed by atoms with Gasteiger partial charge in [-0.15, -0.1) is 0 Å². The maximum atomic E-state index is 9.62. The van der Waals surface area contributed by atoms with Crippen molar-refractivity contribution in [1.82, 2.24) is 0 Å². The van der Waals surface area contributed by atoms with Crippen molar-refractivity contribution in [2.24, 2.45) is 0 Å². The second-order valence-corrected chi connectivity index (χ2v) is 6.59. The van der Waals surface area contributed by atoms with E-state index in [1.807, 2.05) is 6.07 Å². The van der Waals surface area contributed by atoms with Gasteiger partial charge in [-0.05, 0) is 48.7 Å². The number of hydrogen-bond donors (Lipinski definition) is 2. The number of benzene rings is 2. The zero-order valence-electron chi connectivity index (χ0n) is 14.1. The average Bonchev–Trinajstić information content (AvgIpc) is 2.57. The highest BCUT2D eigenvalue weighted by molar-refractivity contribution is 6.32. The first-order valence-corrected chi connectivity index (χ1v) is 9.21. The third kappa shape index (κ3) is 8.47. The van der Waals surface area contributed by atoms with Crippen LogP contribution in [-0.4, -0.2) is 10.2 Å². The van der Waals surface area contributed by atoms with E-state index in [0.29, 0.717) is 15.8 Å². The molecule has 0 fully saturated rings. The molecule has 0 aromatic heterocycles. The molecular formula is C20H26Cl2O2. The predicted molar refractivity (Wildman–Crippen MR) is 103 cm³/mol. The van der Waals surface area contributed by atoms with Crippen molar-refractivity contribution in [3.05, 3.63) is 58.1 Å². The quantitative estimate of drug-likeness (QED) is 0.516. The third-order valence-electron chi connectivity index (χ3n) is 3.69. The molecular weight excluding hydrogens is 343 g/mol. The molecule has 0 heterocycles. The largest absolute Gasteiger partial charge is 0.508 e. The molecule has 132 valence electrons. The summed E-state index contributed by atoms with van der Waals surface area (Å²) < 4.78 is 0. The molecule has 0 spiro atoms. The Balaban J connectivity index is 0.000000300. The smallest absolute Gasteiger partial charge is 0.134 e. The molecule has 0 atom stereocenters. The SMILES string of the molecule is CCCCCCCCc1cc(Cl)ccc1O.Oc1ccccc1Cl. The van der Waals surface area contributed by atoms with E-state index in [9.17, 15) is 5.11 Å². The summed E-state index contributed by atoms with van der Waals surface area (Å²) in [6, 6.07) is 11.9. The van der Waals surface area contributed by atoms with Gasteiger partial charge in [0.05, 0.1) is 5.02 Å². The first-order valence-electron chi connectivity index (χ1n) is 8.45. The Morgan fingerprint density at radius 1 is 0.792 bits per heavy atom. The van der Waals surface area contributed by atoms with Crippen molar-refractivity contribution in [1.29, 1.82) is 0 Å². The van der Waals surface area contributed by atoms with Gasteiger partial charge < -0.3 is 10.2 Å². The van der Waals surface area contributed by atoms with Gasteiger partial charge >= 0.3 is 0 Å². The van der Waals surface area contributed by atoms with Gasteiger partial charge in [-0.3, -0.25) is 0 Å². The van der Waals surface area contributed by atoms with E-state index in [-0.39, 0.29) is 5.75 Å². The summed E-state index contributed by atoms with van der Waals surface area (Å²) in [6.07, 6.45) is 8.56. The fourth-order valence-electron chi connectivity index (χ4n) is 2.30. The van der Waals surface area contributed by atoms with Crippen LogP contribution in [0.1, 0.15) is 51.0 Å². The van der Waals surface area contributed by atoms with Crippen LogP contribution in [0, 0.1) is 0 Å². The average molecular weight is 369 g/mol. The van der Waals surface area contributed by atoms with Crippen molar-refractivity contribution >= 4 is 23.2 Å². The summed E-state index contributed by atoms with van der Waals surface area (Å²) in [6.45, 7) is 2.23. The summed E-state index contributed by atoms with van der Waals surface area (Å²) in [5.74, 6) is 0.507. The molecule has 0 radical (unpaired) electrons. The fraction of sp³-hybridized carbons (Fsp3) is 0.400. The maximum Gasteiger partial charge on any atom is 0.134 e. The lowest BCUT2D eigenvalue weighted by Crippen LogP contribution is -1.87. The highest BCUT2D eigenvalue weighted by Gasteiger charge is 2.01. The first kappa shape index (κ1) is 20.7. The fourth-order valence-corrected chi connectivity index (χ4v) is 2.63. The van der Waals surface area contributed by atoms with Crippen molar-refractivity contribution < 1.29 is 10.2 Å². The molecule has 0 aliphatic carbocycles. The Morgan fingerprint density at radius 3 is 2.08 bits per heavy atom. The second kappa shape index (κ2) is 12.0. The number of halogens is 2. The van der Waals surface area contributed by atoms with Gasteiger partial charge in [0.1, 0.15) is 11.5 Å². The Kier molecular flexibility index (Phi) is 10.4. The summed E-state index contributed by atoms with van der Waals surface area (Å²) in [4.78, 5) is 0. The van der Waals surface area contributed by atoms with Crippen molar-refractivity contribution in [2.45, 2.75) is 51.9 Å². The van der Waals surface area contributed by atoms with Crippen LogP contribution in [-0.2, 0) is 6.42 Å². The van der Waals surface area contributed by atoms with E-state index >= 15 is 0 Å². The molecule has 0 saturated heterocycles. The van der Waals surface area contributed by atoms with E-state index < -0.39 is 0 Å². The van der Waals surface area contributed by atoms with Crippen LogP contribution in [0.15, 0.2) is 42.5 Å². The minimum atomic E-state index is 0.133. The molecule has 0 amide bonds. The number of rotatable bonds is 7. The summed E-state index contributed by atoms with van der Waals surface area (Å²) in [5.41, 5.74) is 0.975. The Labute approximate surface area is 155 Å². The predicted octanol–water partition coefficient (Wildman–Crippen LogP) is 6.99. The standard InChI is InChI=1S/C14H21ClO.C6H5ClO/c1-2-3-4-5-6-7-8-12-11-13(15)9-10-14(12)16;7-5-3-1-2-4-6(5)8/h9-11,16H,2-8H2,1H3;1-4,8H. The molecule has 4 heteroatoms. The zero-order chi connectivity index (χ0) is 17.8. The van der Waals surface area contributed by atoms with Crippen molar-refractivity contribution in [3.63, 3.8) is 0 Å². The Hall–Kier alpha value is -1.38. The molecule has 0 unspecified atom stereocenters. The minimum absolute atomic E-state index is 0.133. The molecule has 2 nitrogen and oxygen atoms in total. The number of phenolic OH excluding ortho intramolecular Hbond substituents is 2. The minimum Gasteiger partial charge on any atom is -0.508 e. The second-order valence-electron chi connectivity index (χ2n) is 5.74. The third-order valence-corrected chi connectivity index (χ3v) is 4.25. The van der Waals surface area contributed by atoms with E-state index in [1.165, 1.54) is 32.1 Å². The van der Waals surface area contributed by atoms with Gasteiger partial charge in [-0.1, -0.05) is 74.4 Å².